The Morgan fingerprint density at radius 3 is 2.41 bits per heavy atom. The number of amides is 2. The quantitative estimate of drug-likeness (QED) is 0.642. The van der Waals surface area contributed by atoms with Gasteiger partial charge in [0.2, 0.25) is 0 Å². The lowest BCUT2D eigenvalue weighted by atomic mass is 9.97. The van der Waals surface area contributed by atoms with Gasteiger partial charge in [0.15, 0.2) is 11.6 Å². The first-order chi connectivity index (χ1) is 12.8. The molecule has 0 fully saturated rings. The number of carbonyl (C=O) groups is 2. The van der Waals surface area contributed by atoms with Crippen molar-refractivity contribution in [1.29, 1.82) is 0 Å². The van der Waals surface area contributed by atoms with Crippen molar-refractivity contribution in [1.82, 2.24) is 4.90 Å². The molecule has 0 radical (unpaired) electrons. The summed E-state index contributed by atoms with van der Waals surface area (Å²) in [6.07, 6.45) is 1.45. The van der Waals surface area contributed by atoms with Crippen molar-refractivity contribution in [2.24, 2.45) is 0 Å². The highest BCUT2D eigenvalue weighted by Crippen LogP contribution is 2.32. The van der Waals surface area contributed by atoms with E-state index in [0.717, 1.165) is 28.2 Å². The van der Waals surface area contributed by atoms with Crippen LogP contribution < -0.4 is 5.32 Å². The highest BCUT2D eigenvalue weighted by Gasteiger charge is 2.39. The van der Waals surface area contributed by atoms with Crippen LogP contribution in [0, 0.1) is 25.5 Å². The summed E-state index contributed by atoms with van der Waals surface area (Å²) in [7, 11) is 0. The first-order valence-corrected chi connectivity index (χ1v) is 8.34. The fourth-order valence-corrected chi connectivity index (χ4v) is 3.05. The van der Waals surface area contributed by atoms with Crippen LogP contribution in [-0.4, -0.2) is 23.3 Å². The van der Waals surface area contributed by atoms with Crippen molar-refractivity contribution in [3.05, 3.63) is 83.1 Å². The van der Waals surface area contributed by atoms with Gasteiger partial charge in [0.1, 0.15) is 5.70 Å². The summed E-state index contributed by atoms with van der Waals surface area (Å²) in [4.78, 5) is 26.7. The Bertz CT molecular complexity index is 996. The summed E-state index contributed by atoms with van der Waals surface area (Å²) in [5.74, 6) is -3.05. The molecule has 0 unspecified atom stereocenters. The molecule has 1 N–H and O–H groups in total. The van der Waals surface area contributed by atoms with Crippen LogP contribution in [0.2, 0.25) is 0 Å². The van der Waals surface area contributed by atoms with E-state index in [1.165, 1.54) is 12.1 Å². The van der Waals surface area contributed by atoms with Gasteiger partial charge in [0, 0.05) is 18.3 Å². The molecule has 1 heterocycles. The van der Waals surface area contributed by atoms with Gasteiger partial charge < -0.3 is 5.32 Å². The van der Waals surface area contributed by atoms with Crippen LogP contribution in [0.4, 0.5) is 14.5 Å². The number of benzene rings is 2. The number of rotatable bonds is 5. The summed E-state index contributed by atoms with van der Waals surface area (Å²) in [6.45, 7) is 7.40. The van der Waals surface area contributed by atoms with Crippen LogP contribution in [-0.2, 0) is 9.59 Å². The maximum Gasteiger partial charge on any atom is 0.278 e. The zero-order chi connectivity index (χ0) is 19.7. The van der Waals surface area contributed by atoms with Crippen LogP contribution in [0.15, 0.2) is 54.8 Å². The molecule has 1 aliphatic heterocycles. The first kappa shape index (κ1) is 18.5. The minimum absolute atomic E-state index is 0.0276. The molecule has 138 valence electrons. The molecule has 0 aliphatic carbocycles. The van der Waals surface area contributed by atoms with E-state index in [1.807, 2.05) is 26.0 Å². The number of halogens is 2. The van der Waals surface area contributed by atoms with Crippen molar-refractivity contribution < 1.29 is 18.4 Å². The van der Waals surface area contributed by atoms with Crippen LogP contribution >= 0.6 is 0 Å². The van der Waals surface area contributed by atoms with Crippen molar-refractivity contribution >= 4 is 23.1 Å². The predicted molar refractivity (Wildman–Crippen MR) is 99.7 cm³/mol. The number of hydrogen-bond acceptors (Lipinski definition) is 3. The molecule has 0 saturated heterocycles. The molecule has 2 aromatic rings. The summed E-state index contributed by atoms with van der Waals surface area (Å²) < 4.78 is 26.7. The predicted octanol–water partition coefficient (Wildman–Crippen LogP) is 3.96. The molecule has 27 heavy (non-hydrogen) atoms. The van der Waals surface area contributed by atoms with Crippen LogP contribution in [0.3, 0.4) is 0 Å². The Labute approximate surface area is 155 Å². The molecule has 0 bridgehead atoms. The lowest BCUT2D eigenvalue weighted by Gasteiger charge is -2.12. The molecule has 4 nitrogen and oxygen atoms in total. The van der Waals surface area contributed by atoms with E-state index >= 15 is 0 Å². The van der Waals surface area contributed by atoms with Gasteiger partial charge in [-0.1, -0.05) is 29.8 Å². The molecule has 0 spiro atoms. The molecule has 0 atom stereocenters. The molecular formula is C21H18F2N2O2. The summed E-state index contributed by atoms with van der Waals surface area (Å²) in [6, 6.07) is 8.73. The molecule has 2 aromatic carbocycles. The van der Waals surface area contributed by atoms with Crippen molar-refractivity contribution in [3.63, 3.8) is 0 Å². The zero-order valence-corrected chi connectivity index (χ0v) is 15.0. The highest BCUT2D eigenvalue weighted by molar-refractivity contribution is 6.36. The van der Waals surface area contributed by atoms with Gasteiger partial charge in [-0.05, 0) is 37.1 Å². The average molecular weight is 368 g/mol. The third kappa shape index (κ3) is 3.38. The van der Waals surface area contributed by atoms with E-state index < -0.39 is 23.4 Å². The third-order valence-electron chi connectivity index (χ3n) is 4.32. The molecule has 1 aliphatic rings. The van der Waals surface area contributed by atoms with Crippen LogP contribution in [0.1, 0.15) is 16.7 Å². The molecule has 3 rings (SSSR count). The maximum absolute atomic E-state index is 13.5. The second-order valence-electron chi connectivity index (χ2n) is 6.33. The van der Waals surface area contributed by atoms with Crippen LogP contribution in [0.25, 0.3) is 5.57 Å². The number of aryl methyl sites for hydroxylation is 2. The Hall–Kier alpha value is -3.28. The molecule has 0 saturated carbocycles. The zero-order valence-electron chi connectivity index (χ0n) is 15.0. The molecular weight excluding hydrogens is 350 g/mol. The number of anilines is 1. The number of carbonyl (C=O) groups excluding carboxylic acids is 2. The first-order valence-electron chi connectivity index (χ1n) is 8.34. The van der Waals surface area contributed by atoms with Gasteiger partial charge in [0.05, 0.1) is 5.57 Å². The number of nitrogens with zero attached hydrogens (tertiary/aromatic N) is 1. The third-order valence-corrected chi connectivity index (χ3v) is 4.32. The average Bonchev–Trinajstić information content (AvgIpc) is 2.83. The van der Waals surface area contributed by atoms with Crippen molar-refractivity contribution in [2.45, 2.75) is 13.8 Å². The highest BCUT2D eigenvalue weighted by atomic mass is 19.2. The van der Waals surface area contributed by atoms with Crippen LogP contribution in [0.5, 0.6) is 0 Å². The second kappa shape index (κ2) is 7.15. The topological polar surface area (TPSA) is 49.4 Å². The van der Waals surface area contributed by atoms with Crippen molar-refractivity contribution in [2.75, 3.05) is 11.9 Å². The Morgan fingerprint density at radius 1 is 1.04 bits per heavy atom. The van der Waals surface area contributed by atoms with Gasteiger partial charge in [-0.25, -0.2) is 8.78 Å². The molecule has 0 aromatic heterocycles. The SMILES string of the molecule is C=CCN1C(=O)C(Nc2ccc(F)c(F)c2)=C(c2ccc(C)cc2C)C1=O. The number of hydrogen-bond donors (Lipinski definition) is 1. The second-order valence-corrected chi connectivity index (χ2v) is 6.33. The van der Waals surface area contributed by atoms with Crippen molar-refractivity contribution in [3.8, 4) is 0 Å². The normalized spacial score (nSPS) is 14.1. The van der Waals surface area contributed by atoms with Gasteiger partial charge in [-0.15, -0.1) is 6.58 Å². The van der Waals surface area contributed by atoms with E-state index in [1.54, 1.807) is 6.07 Å². The summed E-state index contributed by atoms with van der Waals surface area (Å²) >= 11 is 0. The Balaban J connectivity index is 2.13. The van der Waals surface area contributed by atoms with E-state index in [4.69, 9.17) is 0 Å². The molecule has 2 amide bonds. The largest absolute Gasteiger partial charge is 0.350 e. The lowest BCUT2D eigenvalue weighted by Crippen LogP contribution is -2.32. The molecule has 6 heteroatoms. The maximum atomic E-state index is 13.5. The summed E-state index contributed by atoms with van der Waals surface area (Å²) in [5, 5.41) is 2.79. The summed E-state index contributed by atoms with van der Waals surface area (Å²) in [5.41, 5.74) is 2.86. The van der Waals surface area contributed by atoms with E-state index in [9.17, 15) is 18.4 Å². The van der Waals surface area contributed by atoms with E-state index in [-0.39, 0.29) is 23.5 Å². The fraction of sp³-hybridized carbons (Fsp3) is 0.143. The lowest BCUT2D eigenvalue weighted by molar-refractivity contribution is -0.136. The van der Waals surface area contributed by atoms with E-state index in [0.29, 0.717) is 5.56 Å². The number of nitrogens with one attached hydrogen (secondary N) is 1. The van der Waals surface area contributed by atoms with Gasteiger partial charge >= 0.3 is 0 Å². The minimum Gasteiger partial charge on any atom is -0.350 e. The number of imide groups is 1. The van der Waals surface area contributed by atoms with Gasteiger partial charge in [0.25, 0.3) is 11.8 Å². The fourth-order valence-electron chi connectivity index (χ4n) is 3.05. The standard InChI is InChI=1S/C21H18F2N2O2/c1-4-9-25-20(26)18(15-7-5-12(2)10-13(15)3)19(21(25)27)24-14-6-8-16(22)17(23)11-14/h4-8,10-11,24H,1,9H2,2-3H3. The van der Waals surface area contributed by atoms with E-state index in [2.05, 4.69) is 11.9 Å². The monoisotopic (exact) mass is 368 g/mol. The minimum atomic E-state index is -1.05. The Morgan fingerprint density at radius 2 is 1.78 bits per heavy atom. The Kier molecular flexibility index (Phi) is 4.90. The van der Waals surface area contributed by atoms with Gasteiger partial charge in [-0.2, -0.15) is 0 Å². The smallest absolute Gasteiger partial charge is 0.278 e. The van der Waals surface area contributed by atoms with Gasteiger partial charge in [-0.3, -0.25) is 14.5 Å².